The van der Waals surface area contributed by atoms with E-state index >= 15 is 0 Å². The molecule has 0 spiro atoms. The first kappa shape index (κ1) is 22.2. The van der Waals surface area contributed by atoms with Crippen molar-refractivity contribution in [2.45, 2.75) is 31.0 Å². The monoisotopic (exact) mass is 464 g/mol. The van der Waals surface area contributed by atoms with Crippen LogP contribution >= 0.6 is 11.6 Å². The van der Waals surface area contributed by atoms with Crippen molar-refractivity contribution in [3.63, 3.8) is 0 Å². The largest absolute Gasteiger partial charge is 0.497 e. The first-order valence-corrected chi connectivity index (χ1v) is 11.9. The smallest absolute Gasteiger partial charge is 0.190 e. The summed E-state index contributed by atoms with van der Waals surface area (Å²) in [5.41, 5.74) is 2.90. The van der Waals surface area contributed by atoms with Crippen LogP contribution in [0.2, 0.25) is 5.02 Å². The van der Waals surface area contributed by atoms with E-state index in [4.69, 9.17) is 16.3 Å². The van der Waals surface area contributed by atoms with E-state index in [0.29, 0.717) is 28.2 Å². The summed E-state index contributed by atoms with van der Waals surface area (Å²) < 4.78 is 5.45. The number of fused-ring (bicyclic) bond motifs is 4. The topological polar surface area (TPSA) is 61.8 Å². The number of piperidine rings is 3. The van der Waals surface area contributed by atoms with Gasteiger partial charge in [0.15, 0.2) is 5.78 Å². The maximum absolute atomic E-state index is 13.4. The van der Waals surface area contributed by atoms with Gasteiger partial charge in [-0.05, 0) is 73.2 Å². The van der Waals surface area contributed by atoms with Crippen LogP contribution in [0, 0.1) is 11.8 Å². The number of ether oxygens (including phenoxy) is 1. The summed E-state index contributed by atoms with van der Waals surface area (Å²) in [7, 11) is 1.63. The molecule has 6 heteroatoms. The maximum Gasteiger partial charge on any atom is 0.190 e. The average molecular weight is 465 g/mol. The fourth-order valence-corrected chi connectivity index (χ4v) is 5.86. The minimum atomic E-state index is -0.715. The zero-order valence-electron chi connectivity index (χ0n) is 18.7. The number of Topliss-reactive ketones (excluding diaryl/α,β-unsaturated/α-hetero) is 1. The number of aliphatic hydroxyl groups is 1. The molecule has 0 aliphatic carbocycles. The molecule has 3 unspecified atom stereocenters. The molecule has 3 saturated heterocycles. The van der Waals surface area contributed by atoms with Gasteiger partial charge in [-0.1, -0.05) is 29.8 Å². The van der Waals surface area contributed by atoms with Crippen molar-refractivity contribution >= 4 is 28.6 Å². The summed E-state index contributed by atoms with van der Waals surface area (Å²) >= 11 is 6.32. The van der Waals surface area contributed by atoms with Crippen LogP contribution in [0.1, 0.15) is 28.8 Å². The SMILES string of the molecule is C=C[C@H]1CN2CCC1C[C@H]2[C@H](O)C1=CC(C(=O)c2ccccc2Cl)Nc2ccc(OC)cc21. The minimum Gasteiger partial charge on any atom is -0.497 e. The Balaban J connectivity index is 1.52. The zero-order valence-corrected chi connectivity index (χ0v) is 19.5. The van der Waals surface area contributed by atoms with Crippen LogP contribution in [-0.2, 0) is 0 Å². The van der Waals surface area contributed by atoms with Gasteiger partial charge in [-0.15, -0.1) is 6.58 Å². The van der Waals surface area contributed by atoms with Crippen molar-refractivity contribution in [2.24, 2.45) is 11.8 Å². The molecule has 6 atom stereocenters. The van der Waals surface area contributed by atoms with Gasteiger partial charge in [-0.25, -0.2) is 0 Å². The maximum atomic E-state index is 13.4. The van der Waals surface area contributed by atoms with Gasteiger partial charge >= 0.3 is 0 Å². The predicted molar refractivity (Wildman–Crippen MR) is 132 cm³/mol. The molecular formula is C27H29ClN2O3. The number of rotatable bonds is 6. The highest BCUT2D eigenvalue weighted by Gasteiger charge is 2.43. The number of nitrogens with zero attached hydrogens (tertiary/aromatic N) is 1. The van der Waals surface area contributed by atoms with Crippen LogP contribution in [0.3, 0.4) is 0 Å². The lowest BCUT2D eigenvalue weighted by Gasteiger charge is -2.51. The number of anilines is 1. The van der Waals surface area contributed by atoms with Crippen molar-refractivity contribution in [2.75, 3.05) is 25.5 Å². The third kappa shape index (κ3) is 3.99. The molecule has 0 radical (unpaired) electrons. The van der Waals surface area contributed by atoms with Crippen molar-refractivity contribution in [3.05, 3.63) is 77.3 Å². The average Bonchev–Trinajstić information content (AvgIpc) is 2.87. The van der Waals surface area contributed by atoms with E-state index in [9.17, 15) is 9.90 Å². The number of hydrogen-bond acceptors (Lipinski definition) is 5. The van der Waals surface area contributed by atoms with Crippen LogP contribution < -0.4 is 10.1 Å². The molecule has 2 N–H and O–H groups in total. The number of halogens is 1. The minimum absolute atomic E-state index is 0.0133. The Morgan fingerprint density at radius 3 is 2.85 bits per heavy atom. The number of hydrogen-bond donors (Lipinski definition) is 2. The Labute approximate surface area is 199 Å². The van der Waals surface area contributed by atoms with Gasteiger partial charge in [0.2, 0.25) is 0 Å². The Kier molecular flexibility index (Phi) is 6.04. The van der Waals surface area contributed by atoms with Gasteiger partial charge in [0.05, 0.1) is 18.2 Å². The lowest BCUT2D eigenvalue weighted by molar-refractivity contribution is -0.0254. The molecule has 0 amide bonds. The number of methoxy groups -OCH3 is 1. The van der Waals surface area contributed by atoms with Gasteiger partial charge < -0.3 is 15.2 Å². The van der Waals surface area contributed by atoms with E-state index in [2.05, 4.69) is 22.9 Å². The number of ketones is 1. The lowest BCUT2D eigenvalue weighted by atomic mass is 9.73. The van der Waals surface area contributed by atoms with E-state index in [1.54, 1.807) is 19.2 Å². The molecule has 4 aliphatic heterocycles. The molecule has 0 aromatic heterocycles. The molecule has 2 bridgehead atoms. The number of carbonyl (C=O) groups excluding carboxylic acids is 1. The fraction of sp³-hybridized carbons (Fsp3) is 0.370. The van der Waals surface area contributed by atoms with E-state index in [0.717, 1.165) is 42.8 Å². The van der Waals surface area contributed by atoms with Crippen LogP contribution in [0.4, 0.5) is 5.69 Å². The Hall–Kier alpha value is -2.60. The number of benzene rings is 2. The number of aliphatic hydroxyl groups excluding tert-OH is 1. The molecule has 2 aromatic rings. The first-order chi connectivity index (χ1) is 16.0. The predicted octanol–water partition coefficient (Wildman–Crippen LogP) is 4.67. The third-order valence-corrected chi connectivity index (χ3v) is 7.78. The molecule has 2 aromatic carbocycles. The van der Waals surface area contributed by atoms with Gasteiger partial charge in [0.1, 0.15) is 11.8 Å². The fourth-order valence-electron chi connectivity index (χ4n) is 5.63. The van der Waals surface area contributed by atoms with Crippen molar-refractivity contribution in [1.82, 2.24) is 4.90 Å². The molecule has 172 valence electrons. The van der Waals surface area contributed by atoms with Crippen LogP contribution in [0.25, 0.3) is 5.57 Å². The summed E-state index contributed by atoms with van der Waals surface area (Å²) in [4.78, 5) is 15.8. The second kappa shape index (κ2) is 8.98. The van der Waals surface area contributed by atoms with Crippen molar-refractivity contribution < 1.29 is 14.6 Å². The summed E-state index contributed by atoms with van der Waals surface area (Å²) in [6.07, 6.45) is 5.27. The Morgan fingerprint density at radius 2 is 2.15 bits per heavy atom. The van der Waals surface area contributed by atoms with Crippen LogP contribution in [-0.4, -0.2) is 54.2 Å². The van der Waals surface area contributed by atoms with Gasteiger partial charge in [-0.2, -0.15) is 0 Å². The molecule has 0 saturated carbocycles. The molecule has 4 aliphatic rings. The third-order valence-electron chi connectivity index (χ3n) is 7.45. The number of nitrogens with one attached hydrogen (secondary N) is 1. The highest BCUT2D eigenvalue weighted by Crippen LogP contribution is 2.43. The summed E-state index contributed by atoms with van der Waals surface area (Å²) in [5.74, 6) is 1.61. The molecular weight excluding hydrogens is 436 g/mol. The van der Waals surface area contributed by atoms with Gasteiger partial charge in [-0.3, -0.25) is 9.69 Å². The first-order valence-electron chi connectivity index (χ1n) is 11.5. The highest BCUT2D eigenvalue weighted by atomic mass is 35.5. The lowest BCUT2D eigenvalue weighted by Crippen LogP contribution is -2.57. The summed E-state index contributed by atoms with van der Waals surface area (Å²) in [5, 5.41) is 15.4. The Bertz CT molecular complexity index is 1110. The van der Waals surface area contributed by atoms with Gasteiger partial charge in [0.25, 0.3) is 0 Å². The normalized spacial score (nSPS) is 28.8. The van der Waals surface area contributed by atoms with Crippen LogP contribution in [0.15, 0.2) is 61.2 Å². The van der Waals surface area contributed by atoms with Gasteiger partial charge in [0, 0.05) is 29.4 Å². The second-order valence-corrected chi connectivity index (χ2v) is 9.60. The zero-order chi connectivity index (χ0) is 23.1. The molecule has 33 heavy (non-hydrogen) atoms. The standard InChI is InChI=1S/C27H29ClN2O3/c1-3-16-15-30-11-10-17(16)12-25(30)27(32)21-14-24(26(31)19-6-4-5-7-22(19)28)29-23-9-8-18(33-2)13-20(21)23/h3-9,13-14,16-17,24-25,27,29,32H,1,10-12,15H2,2H3/t16-,17?,24?,25-,27+/m0/s1. The highest BCUT2D eigenvalue weighted by molar-refractivity contribution is 6.34. The van der Waals surface area contributed by atoms with E-state index in [1.807, 2.05) is 36.4 Å². The van der Waals surface area contributed by atoms with E-state index in [1.165, 1.54) is 0 Å². The van der Waals surface area contributed by atoms with Crippen LogP contribution in [0.5, 0.6) is 5.75 Å². The van der Waals surface area contributed by atoms with E-state index < -0.39 is 12.1 Å². The molecule has 6 rings (SSSR count). The molecule has 3 fully saturated rings. The summed E-state index contributed by atoms with van der Waals surface area (Å²) in [6.45, 7) is 5.91. The molecule has 5 nitrogen and oxygen atoms in total. The quantitative estimate of drug-likeness (QED) is 0.480. The van der Waals surface area contributed by atoms with E-state index in [-0.39, 0.29) is 11.8 Å². The molecule has 4 heterocycles. The summed E-state index contributed by atoms with van der Waals surface area (Å²) in [6, 6.07) is 12.2. The van der Waals surface area contributed by atoms with Crippen molar-refractivity contribution in [3.8, 4) is 5.75 Å². The Morgan fingerprint density at radius 1 is 1.33 bits per heavy atom. The number of carbonyl (C=O) groups is 1. The second-order valence-electron chi connectivity index (χ2n) is 9.19. The van der Waals surface area contributed by atoms with Crippen molar-refractivity contribution in [1.29, 1.82) is 0 Å².